The Morgan fingerprint density at radius 2 is 1.55 bits per heavy atom. The van der Waals surface area contributed by atoms with Gasteiger partial charge in [0.05, 0.1) is 18.1 Å². The smallest absolute Gasteiger partial charge is 0.375 e. The van der Waals surface area contributed by atoms with Crippen molar-refractivity contribution >= 4 is 0 Å². The molecule has 0 N–H and O–H groups in total. The molecule has 0 saturated heterocycles. The van der Waals surface area contributed by atoms with Crippen LogP contribution in [0.2, 0.25) is 0 Å². The predicted molar refractivity (Wildman–Crippen MR) is 73.5 cm³/mol. The van der Waals surface area contributed by atoms with Gasteiger partial charge in [-0.1, -0.05) is 20.3 Å². The second-order valence-electron chi connectivity index (χ2n) is 6.94. The van der Waals surface area contributed by atoms with Gasteiger partial charge < -0.3 is 4.74 Å². The maximum atomic E-state index is 12.8. The second-order valence-corrected chi connectivity index (χ2v) is 6.94. The van der Waals surface area contributed by atoms with Gasteiger partial charge in [0.1, 0.15) is 0 Å². The minimum Gasteiger partial charge on any atom is -0.375 e. The van der Waals surface area contributed by atoms with Crippen LogP contribution in [-0.4, -0.2) is 18.4 Å². The molecule has 4 heteroatoms. The first-order chi connectivity index (χ1) is 9.36. The normalized spacial score (nSPS) is 36.3. The summed E-state index contributed by atoms with van der Waals surface area (Å²) in [6.45, 7) is 4.50. The van der Waals surface area contributed by atoms with Crippen LogP contribution < -0.4 is 0 Å². The SMILES string of the molecule is CC(C)C1CCC(OC2CCCC(C(F)(F)F)C2)CC1. The summed E-state index contributed by atoms with van der Waals surface area (Å²) in [4.78, 5) is 0. The lowest BCUT2D eigenvalue weighted by Crippen LogP contribution is -2.35. The maximum absolute atomic E-state index is 12.8. The van der Waals surface area contributed by atoms with E-state index in [2.05, 4.69) is 13.8 Å². The summed E-state index contributed by atoms with van der Waals surface area (Å²) in [7, 11) is 0. The molecule has 2 saturated carbocycles. The molecule has 2 atom stereocenters. The van der Waals surface area contributed by atoms with Crippen molar-refractivity contribution in [1.29, 1.82) is 0 Å². The highest BCUT2D eigenvalue weighted by Gasteiger charge is 2.42. The monoisotopic (exact) mass is 292 g/mol. The minimum atomic E-state index is -4.04. The summed E-state index contributed by atoms with van der Waals surface area (Å²) >= 11 is 0. The molecule has 2 fully saturated rings. The first kappa shape index (κ1) is 16.1. The van der Waals surface area contributed by atoms with Crippen LogP contribution in [0.1, 0.15) is 65.2 Å². The van der Waals surface area contributed by atoms with Crippen molar-refractivity contribution in [3.63, 3.8) is 0 Å². The average Bonchev–Trinajstić information content (AvgIpc) is 2.38. The average molecular weight is 292 g/mol. The van der Waals surface area contributed by atoms with Gasteiger partial charge in [-0.15, -0.1) is 0 Å². The van der Waals surface area contributed by atoms with Crippen molar-refractivity contribution in [2.45, 2.75) is 83.6 Å². The quantitative estimate of drug-likeness (QED) is 0.682. The highest BCUT2D eigenvalue weighted by atomic mass is 19.4. The molecule has 118 valence electrons. The Labute approximate surface area is 120 Å². The van der Waals surface area contributed by atoms with Crippen LogP contribution in [0.4, 0.5) is 13.2 Å². The van der Waals surface area contributed by atoms with E-state index in [-0.39, 0.29) is 25.0 Å². The van der Waals surface area contributed by atoms with E-state index >= 15 is 0 Å². The molecule has 2 rings (SSSR count). The topological polar surface area (TPSA) is 9.23 Å². The largest absolute Gasteiger partial charge is 0.391 e. The molecule has 0 heterocycles. The fourth-order valence-electron chi connectivity index (χ4n) is 3.73. The van der Waals surface area contributed by atoms with E-state index < -0.39 is 12.1 Å². The van der Waals surface area contributed by atoms with Gasteiger partial charge in [0.2, 0.25) is 0 Å². The highest BCUT2D eigenvalue weighted by Crippen LogP contribution is 2.40. The van der Waals surface area contributed by atoms with E-state index in [1.807, 2.05) is 0 Å². The predicted octanol–water partition coefficient (Wildman–Crippen LogP) is 5.34. The van der Waals surface area contributed by atoms with Crippen LogP contribution in [-0.2, 0) is 4.74 Å². The standard InChI is InChI=1S/C16H27F3O/c1-11(2)12-6-8-14(9-7-12)20-15-5-3-4-13(10-15)16(17,18)19/h11-15H,3-10H2,1-2H3. The van der Waals surface area contributed by atoms with Gasteiger partial charge in [0, 0.05) is 0 Å². The van der Waals surface area contributed by atoms with Gasteiger partial charge in [-0.25, -0.2) is 0 Å². The third-order valence-electron chi connectivity index (χ3n) is 5.14. The van der Waals surface area contributed by atoms with Crippen molar-refractivity contribution in [3.8, 4) is 0 Å². The zero-order valence-electron chi connectivity index (χ0n) is 12.6. The second kappa shape index (κ2) is 6.67. The van der Waals surface area contributed by atoms with Crippen LogP contribution in [0.3, 0.4) is 0 Å². The number of rotatable bonds is 3. The first-order valence-corrected chi connectivity index (χ1v) is 8.08. The molecular weight excluding hydrogens is 265 g/mol. The lowest BCUT2D eigenvalue weighted by atomic mass is 9.80. The first-order valence-electron chi connectivity index (χ1n) is 8.08. The third kappa shape index (κ3) is 4.37. The Morgan fingerprint density at radius 1 is 0.900 bits per heavy atom. The van der Waals surface area contributed by atoms with Crippen molar-refractivity contribution in [1.82, 2.24) is 0 Å². The van der Waals surface area contributed by atoms with Gasteiger partial charge in [-0.2, -0.15) is 13.2 Å². The molecule has 0 spiro atoms. The molecule has 0 bridgehead atoms. The Bertz CT molecular complexity index is 293. The number of hydrogen-bond acceptors (Lipinski definition) is 1. The molecule has 0 aliphatic heterocycles. The highest BCUT2D eigenvalue weighted by molar-refractivity contribution is 4.81. The van der Waals surface area contributed by atoms with E-state index in [1.54, 1.807) is 0 Å². The molecule has 0 aromatic heterocycles. The molecule has 1 nitrogen and oxygen atoms in total. The molecule has 0 radical (unpaired) electrons. The number of alkyl halides is 3. The molecule has 20 heavy (non-hydrogen) atoms. The van der Waals surface area contributed by atoms with E-state index in [1.165, 1.54) is 0 Å². The molecule has 0 aromatic carbocycles. The summed E-state index contributed by atoms with van der Waals surface area (Å²) in [5, 5.41) is 0. The van der Waals surface area contributed by atoms with Gasteiger partial charge in [-0.05, 0) is 56.8 Å². The van der Waals surface area contributed by atoms with E-state index in [4.69, 9.17) is 4.74 Å². The minimum absolute atomic E-state index is 0.170. The van der Waals surface area contributed by atoms with Crippen LogP contribution in [0.15, 0.2) is 0 Å². The van der Waals surface area contributed by atoms with Crippen molar-refractivity contribution < 1.29 is 17.9 Å². The fourth-order valence-corrected chi connectivity index (χ4v) is 3.73. The van der Waals surface area contributed by atoms with Crippen LogP contribution in [0.5, 0.6) is 0 Å². The van der Waals surface area contributed by atoms with Crippen LogP contribution in [0.25, 0.3) is 0 Å². The van der Waals surface area contributed by atoms with Gasteiger partial charge in [0.25, 0.3) is 0 Å². The Hall–Kier alpha value is -0.250. The molecule has 2 unspecified atom stereocenters. The Kier molecular flexibility index (Phi) is 5.38. The van der Waals surface area contributed by atoms with Gasteiger partial charge >= 0.3 is 6.18 Å². The summed E-state index contributed by atoms with van der Waals surface area (Å²) in [5.74, 6) is 0.331. The van der Waals surface area contributed by atoms with Crippen molar-refractivity contribution in [2.75, 3.05) is 0 Å². The Morgan fingerprint density at radius 3 is 2.10 bits per heavy atom. The van der Waals surface area contributed by atoms with Crippen LogP contribution >= 0.6 is 0 Å². The fraction of sp³-hybridized carbons (Fsp3) is 1.00. The summed E-state index contributed by atoms with van der Waals surface area (Å²) in [6, 6.07) is 0. The van der Waals surface area contributed by atoms with Crippen LogP contribution in [0, 0.1) is 17.8 Å². The van der Waals surface area contributed by atoms with Crippen molar-refractivity contribution in [3.05, 3.63) is 0 Å². The third-order valence-corrected chi connectivity index (χ3v) is 5.14. The Balaban J connectivity index is 1.77. The van der Waals surface area contributed by atoms with Crippen molar-refractivity contribution in [2.24, 2.45) is 17.8 Å². The summed E-state index contributed by atoms with van der Waals surface area (Å²) < 4.78 is 44.3. The van der Waals surface area contributed by atoms with Gasteiger partial charge in [-0.3, -0.25) is 0 Å². The van der Waals surface area contributed by atoms with Gasteiger partial charge in [0.15, 0.2) is 0 Å². The number of hydrogen-bond donors (Lipinski definition) is 0. The maximum Gasteiger partial charge on any atom is 0.391 e. The summed E-state index contributed by atoms with van der Waals surface area (Å²) in [6.07, 6.45) is 2.26. The molecular formula is C16H27F3O. The van der Waals surface area contributed by atoms with E-state index in [0.29, 0.717) is 12.3 Å². The van der Waals surface area contributed by atoms with E-state index in [0.717, 1.165) is 38.0 Å². The summed E-state index contributed by atoms with van der Waals surface area (Å²) in [5.41, 5.74) is 0. The lowest BCUT2D eigenvalue weighted by Gasteiger charge is -2.36. The molecule has 0 aromatic rings. The molecule has 0 amide bonds. The zero-order valence-corrected chi connectivity index (χ0v) is 12.6. The molecule has 2 aliphatic rings. The number of halogens is 3. The number of ether oxygens (including phenoxy) is 1. The lowest BCUT2D eigenvalue weighted by molar-refractivity contribution is -0.196. The van der Waals surface area contributed by atoms with E-state index in [9.17, 15) is 13.2 Å². The zero-order chi connectivity index (χ0) is 14.8. The molecule has 2 aliphatic carbocycles.